The fourth-order valence-corrected chi connectivity index (χ4v) is 1.67. The van der Waals surface area contributed by atoms with Crippen LogP contribution in [-0.2, 0) is 6.61 Å². The number of carbonyl (C=O) groups is 1. The summed E-state index contributed by atoms with van der Waals surface area (Å²) in [7, 11) is 0. The Kier molecular flexibility index (Phi) is 5.43. The van der Waals surface area contributed by atoms with Crippen LogP contribution < -0.4 is 0 Å². The van der Waals surface area contributed by atoms with Gasteiger partial charge in [-0.05, 0) is 23.6 Å². The molecule has 0 heterocycles. The van der Waals surface area contributed by atoms with Crippen LogP contribution in [0.2, 0.25) is 0 Å². The summed E-state index contributed by atoms with van der Waals surface area (Å²) in [5.41, 5.74) is 1.43. The van der Waals surface area contributed by atoms with E-state index in [1.165, 1.54) is 6.07 Å². The van der Waals surface area contributed by atoms with Gasteiger partial charge in [-0.25, -0.2) is 4.79 Å². The second kappa shape index (κ2) is 6.86. The first-order valence-corrected chi connectivity index (χ1v) is 5.83. The van der Waals surface area contributed by atoms with Crippen LogP contribution in [0.1, 0.15) is 47.7 Å². The zero-order chi connectivity index (χ0) is 12.7. The van der Waals surface area contributed by atoms with E-state index in [2.05, 4.69) is 6.92 Å². The molecule has 0 aliphatic rings. The van der Waals surface area contributed by atoms with Crippen LogP contribution in [0.4, 0.5) is 0 Å². The third kappa shape index (κ3) is 3.71. The van der Waals surface area contributed by atoms with E-state index in [1.807, 2.05) is 18.2 Å². The number of aliphatic hydroxyl groups is 1. The van der Waals surface area contributed by atoms with E-state index in [-0.39, 0.29) is 12.2 Å². The second-order valence-electron chi connectivity index (χ2n) is 3.88. The van der Waals surface area contributed by atoms with Crippen molar-refractivity contribution < 1.29 is 15.0 Å². The number of aromatic carboxylic acids is 1. The summed E-state index contributed by atoms with van der Waals surface area (Å²) in [6, 6.07) is 5.03. The Balaban J connectivity index is 2.95. The van der Waals surface area contributed by atoms with E-state index in [9.17, 15) is 9.90 Å². The molecule has 2 N–H and O–H groups in total. The fourth-order valence-electron chi connectivity index (χ4n) is 1.67. The molecule has 0 aliphatic heterocycles. The molecule has 1 rings (SSSR count). The van der Waals surface area contributed by atoms with Gasteiger partial charge in [-0.2, -0.15) is 0 Å². The van der Waals surface area contributed by atoms with Gasteiger partial charge in [-0.15, -0.1) is 0 Å². The standard InChI is InChI=1S/C14H18O3/c1-2-3-4-5-7-11-8-6-9-12(14(16)17)13(11)10-15/h5-9,15H,2-4,10H2,1H3,(H,16,17). The Bertz CT molecular complexity index is 408. The summed E-state index contributed by atoms with van der Waals surface area (Å²) in [5, 5.41) is 18.2. The van der Waals surface area contributed by atoms with Crippen LogP contribution in [0.15, 0.2) is 24.3 Å². The minimum atomic E-state index is -1.00. The Hall–Kier alpha value is -1.61. The molecule has 1 aromatic rings. The van der Waals surface area contributed by atoms with Gasteiger partial charge in [0.1, 0.15) is 0 Å². The van der Waals surface area contributed by atoms with Crippen molar-refractivity contribution in [1.29, 1.82) is 0 Å². The third-order valence-electron chi connectivity index (χ3n) is 2.62. The van der Waals surface area contributed by atoms with Crippen molar-refractivity contribution in [3.05, 3.63) is 41.0 Å². The molecule has 1 aromatic carbocycles. The molecule has 0 amide bonds. The molecule has 92 valence electrons. The smallest absolute Gasteiger partial charge is 0.336 e. The lowest BCUT2D eigenvalue weighted by Gasteiger charge is -2.06. The molecule has 0 saturated carbocycles. The zero-order valence-electron chi connectivity index (χ0n) is 10.0. The van der Waals surface area contributed by atoms with Crippen molar-refractivity contribution in [1.82, 2.24) is 0 Å². The fraction of sp³-hybridized carbons (Fsp3) is 0.357. The van der Waals surface area contributed by atoms with Crippen molar-refractivity contribution in [2.45, 2.75) is 32.8 Å². The van der Waals surface area contributed by atoms with Crippen molar-refractivity contribution >= 4 is 12.0 Å². The number of allylic oxidation sites excluding steroid dienone is 1. The monoisotopic (exact) mass is 234 g/mol. The van der Waals surface area contributed by atoms with Gasteiger partial charge in [-0.1, -0.05) is 44.1 Å². The molecule has 0 radical (unpaired) electrons. The maximum absolute atomic E-state index is 11.0. The van der Waals surface area contributed by atoms with Gasteiger partial charge < -0.3 is 10.2 Å². The maximum Gasteiger partial charge on any atom is 0.336 e. The molecule has 0 saturated heterocycles. The highest BCUT2D eigenvalue weighted by atomic mass is 16.4. The molecule has 3 nitrogen and oxygen atoms in total. The quantitative estimate of drug-likeness (QED) is 0.744. The highest BCUT2D eigenvalue weighted by molar-refractivity contribution is 5.90. The van der Waals surface area contributed by atoms with E-state index >= 15 is 0 Å². The number of benzene rings is 1. The van der Waals surface area contributed by atoms with E-state index in [4.69, 9.17) is 5.11 Å². The summed E-state index contributed by atoms with van der Waals surface area (Å²) in [6.07, 6.45) is 7.12. The average molecular weight is 234 g/mol. The van der Waals surface area contributed by atoms with Gasteiger partial charge in [0.2, 0.25) is 0 Å². The second-order valence-corrected chi connectivity index (χ2v) is 3.88. The van der Waals surface area contributed by atoms with Crippen LogP contribution in [0.25, 0.3) is 6.08 Å². The van der Waals surface area contributed by atoms with E-state index in [0.29, 0.717) is 5.56 Å². The lowest BCUT2D eigenvalue weighted by Crippen LogP contribution is -2.04. The number of carboxylic acids is 1. The van der Waals surface area contributed by atoms with Gasteiger partial charge in [0, 0.05) is 0 Å². The average Bonchev–Trinajstić information content (AvgIpc) is 2.34. The van der Waals surface area contributed by atoms with Crippen LogP contribution >= 0.6 is 0 Å². The number of hydrogen-bond acceptors (Lipinski definition) is 2. The molecule has 0 aromatic heterocycles. The molecule has 0 fully saturated rings. The highest BCUT2D eigenvalue weighted by Gasteiger charge is 2.11. The molecule has 3 heteroatoms. The van der Waals surface area contributed by atoms with Gasteiger partial charge in [0.05, 0.1) is 12.2 Å². The lowest BCUT2D eigenvalue weighted by molar-refractivity contribution is 0.0693. The van der Waals surface area contributed by atoms with E-state index in [0.717, 1.165) is 24.8 Å². The number of aliphatic hydroxyl groups excluding tert-OH is 1. The first-order valence-electron chi connectivity index (χ1n) is 5.83. The number of rotatable bonds is 6. The molecule has 17 heavy (non-hydrogen) atoms. The predicted molar refractivity (Wildman–Crippen MR) is 67.9 cm³/mol. The van der Waals surface area contributed by atoms with Gasteiger partial charge in [-0.3, -0.25) is 0 Å². The van der Waals surface area contributed by atoms with Crippen molar-refractivity contribution in [3.8, 4) is 0 Å². The number of carboxylic acid groups (broad SMARTS) is 1. The Labute approximate surface area is 101 Å². The van der Waals surface area contributed by atoms with Crippen LogP contribution in [0, 0.1) is 0 Å². The minimum Gasteiger partial charge on any atom is -0.478 e. The van der Waals surface area contributed by atoms with Gasteiger partial charge in [0.15, 0.2) is 0 Å². The van der Waals surface area contributed by atoms with E-state index < -0.39 is 5.97 Å². The highest BCUT2D eigenvalue weighted by Crippen LogP contribution is 2.17. The summed E-state index contributed by atoms with van der Waals surface area (Å²) >= 11 is 0. The number of hydrogen-bond donors (Lipinski definition) is 2. The van der Waals surface area contributed by atoms with Gasteiger partial charge in [0.25, 0.3) is 0 Å². The SMILES string of the molecule is CCCCC=Cc1cccc(C(=O)O)c1CO. The molecular weight excluding hydrogens is 216 g/mol. The lowest BCUT2D eigenvalue weighted by atomic mass is 10.0. The summed E-state index contributed by atoms with van der Waals surface area (Å²) in [4.78, 5) is 11.0. The molecule has 0 spiro atoms. The van der Waals surface area contributed by atoms with Crippen LogP contribution in [0.5, 0.6) is 0 Å². The molecule has 0 bridgehead atoms. The van der Waals surface area contributed by atoms with Crippen LogP contribution in [0.3, 0.4) is 0 Å². The van der Waals surface area contributed by atoms with Crippen LogP contribution in [-0.4, -0.2) is 16.2 Å². The summed E-state index contributed by atoms with van der Waals surface area (Å²) < 4.78 is 0. The predicted octanol–water partition coefficient (Wildman–Crippen LogP) is 3.08. The Morgan fingerprint density at radius 2 is 2.18 bits per heavy atom. The molecule has 0 atom stereocenters. The van der Waals surface area contributed by atoms with Crippen molar-refractivity contribution in [3.63, 3.8) is 0 Å². The Morgan fingerprint density at radius 1 is 1.41 bits per heavy atom. The summed E-state index contributed by atoms with van der Waals surface area (Å²) in [6.45, 7) is 1.87. The minimum absolute atomic E-state index is 0.171. The topological polar surface area (TPSA) is 57.5 Å². The maximum atomic E-state index is 11.0. The molecule has 0 aliphatic carbocycles. The number of unbranched alkanes of at least 4 members (excludes halogenated alkanes) is 2. The normalized spacial score (nSPS) is 10.9. The van der Waals surface area contributed by atoms with Gasteiger partial charge >= 0.3 is 5.97 Å². The van der Waals surface area contributed by atoms with Crippen molar-refractivity contribution in [2.24, 2.45) is 0 Å². The third-order valence-corrected chi connectivity index (χ3v) is 2.62. The first kappa shape index (κ1) is 13.5. The first-order chi connectivity index (χ1) is 8.20. The zero-order valence-corrected chi connectivity index (χ0v) is 10.0. The molecular formula is C14H18O3. The molecule has 0 unspecified atom stereocenters. The summed E-state index contributed by atoms with van der Waals surface area (Å²) in [5.74, 6) is -1.00. The van der Waals surface area contributed by atoms with E-state index in [1.54, 1.807) is 6.07 Å². The van der Waals surface area contributed by atoms with Crippen molar-refractivity contribution in [2.75, 3.05) is 0 Å². The largest absolute Gasteiger partial charge is 0.478 e. The Morgan fingerprint density at radius 3 is 2.76 bits per heavy atom.